The Balaban J connectivity index is 1.76. The molecule has 1 atom stereocenters. The van der Waals surface area contributed by atoms with Crippen LogP contribution in [0.3, 0.4) is 0 Å². The largest absolute Gasteiger partial charge is 0.480 e. The minimum absolute atomic E-state index is 0.0673. The van der Waals surface area contributed by atoms with E-state index < -0.39 is 30.8 Å². The Kier molecular flexibility index (Phi) is 9.80. The van der Waals surface area contributed by atoms with Gasteiger partial charge in [-0.15, -0.1) is 0 Å². The third-order valence-corrected chi connectivity index (χ3v) is 5.21. The standard InChI is InChI=1S/C26H28N4O7/c1-35-25(33)29-19-7-8-20(21(27)14-19)18-9-11-28-23(13-18)22(10-12-36-16-24(31)32)30-26(34)37-15-17-5-3-2-4-6-17/h2-9,11,13-14,22H,10,12,15-16,27H2,1H3,(H,29,33)(H,30,34)(H,31,32)/t22-/m0/s1. The SMILES string of the molecule is COC(=O)Nc1ccc(-c2ccnc([C@H](CCOCC(=O)O)NC(=O)OCc3ccccc3)c2)c(N)c1. The highest BCUT2D eigenvalue weighted by Crippen LogP contribution is 2.30. The summed E-state index contributed by atoms with van der Waals surface area (Å²) in [6.07, 6.45) is 0.558. The molecule has 11 heteroatoms. The molecule has 0 aliphatic rings. The second-order valence-corrected chi connectivity index (χ2v) is 7.88. The molecule has 0 aliphatic heterocycles. The smallest absolute Gasteiger partial charge is 0.411 e. The van der Waals surface area contributed by atoms with Crippen molar-refractivity contribution >= 4 is 29.5 Å². The molecular weight excluding hydrogens is 480 g/mol. The van der Waals surface area contributed by atoms with Gasteiger partial charge in [-0.25, -0.2) is 14.4 Å². The Bertz CT molecular complexity index is 1220. The number of ether oxygens (including phenoxy) is 3. The number of anilines is 2. The molecule has 1 aromatic heterocycles. The van der Waals surface area contributed by atoms with Crippen LogP contribution in [0, 0.1) is 0 Å². The highest BCUT2D eigenvalue weighted by Gasteiger charge is 2.19. The van der Waals surface area contributed by atoms with Crippen LogP contribution in [-0.2, 0) is 25.6 Å². The van der Waals surface area contributed by atoms with Gasteiger partial charge in [-0.05, 0) is 41.8 Å². The molecule has 2 amide bonds. The van der Waals surface area contributed by atoms with Crippen molar-refractivity contribution in [3.8, 4) is 11.1 Å². The predicted octanol–water partition coefficient (Wildman–Crippen LogP) is 3.97. The second kappa shape index (κ2) is 13.4. The van der Waals surface area contributed by atoms with Gasteiger partial charge in [0.2, 0.25) is 0 Å². The number of aromatic nitrogens is 1. The highest BCUT2D eigenvalue weighted by atomic mass is 16.5. The van der Waals surface area contributed by atoms with E-state index in [0.29, 0.717) is 22.6 Å². The Hall–Kier alpha value is -4.64. The molecule has 2 aromatic carbocycles. The Morgan fingerprint density at radius 3 is 2.54 bits per heavy atom. The molecule has 0 saturated carbocycles. The lowest BCUT2D eigenvalue weighted by atomic mass is 10.0. The number of carboxylic acid groups (broad SMARTS) is 1. The molecule has 0 fully saturated rings. The van der Waals surface area contributed by atoms with Gasteiger partial charge in [0.25, 0.3) is 0 Å². The predicted molar refractivity (Wildman–Crippen MR) is 136 cm³/mol. The third-order valence-electron chi connectivity index (χ3n) is 5.21. The van der Waals surface area contributed by atoms with Crippen molar-refractivity contribution in [2.24, 2.45) is 0 Å². The van der Waals surface area contributed by atoms with Crippen molar-refractivity contribution in [3.63, 3.8) is 0 Å². The number of nitrogens with two attached hydrogens (primary N) is 1. The molecule has 0 aliphatic carbocycles. The maximum atomic E-state index is 12.5. The zero-order valence-electron chi connectivity index (χ0n) is 20.2. The molecule has 3 rings (SSSR count). The summed E-state index contributed by atoms with van der Waals surface area (Å²) in [4.78, 5) is 39.2. The lowest BCUT2D eigenvalue weighted by Gasteiger charge is -2.19. The molecule has 0 saturated heterocycles. The van der Waals surface area contributed by atoms with E-state index in [1.54, 1.807) is 36.5 Å². The minimum Gasteiger partial charge on any atom is -0.480 e. The number of hydrogen-bond donors (Lipinski definition) is 4. The number of rotatable bonds is 11. The van der Waals surface area contributed by atoms with Gasteiger partial charge in [-0.2, -0.15) is 0 Å². The molecule has 194 valence electrons. The number of nitrogens with one attached hydrogen (secondary N) is 2. The molecule has 11 nitrogen and oxygen atoms in total. The van der Waals surface area contributed by atoms with Crippen LogP contribution in [0.4, 0.5) is 21.0 Å². The molecule has 0 spiro atoms. The summed E-state index contributed by atoms with van der Waals surface area (Å²) in [6.45, 7) is -0.302. The van der Waals surface area contributed by atoms with Crippen LogP contribution in [0.5, 0.6) is 0 Å². The van der Waals surface area contributed by atoms with Crippen molar-refractivity contribution in [2.75, 3.05) is 31.4 Å². The van der Waals surface area contributed by atoms with Crippen molar-refractivity contribution < 1.29 is 33.7 Å². The van der Waals surface area contributed by atoms with Gasteiger partial charge in [0.1, 0.15) is 13.2 Å². The maximum absolute atomic E-state index is 12.5. The monoisotopic (exact) mass is 508 g/mol. The van der Waals surface area contributed by atoms with E-state index >= 15 is 0 Å². The number of carboxylic acids is 1. The van der Waals surface area contributed by atoms with Gasteiger partial charge in [-0.3, -0.25) is 10.3 Å². The summed E-state index contributed by atoms with van der Waals surface area (Å²) >= 11 is 0. The summed E-state index contributed by atoms with van der Waals surface area (Å²) in [5, 5.41) is 14.2. The summed E-state index contributed by atoms with van der Waals surface area (Å²) in [6, 6.07) is 17.2. The van der Waals surface area contributed by atoms with E-state index in [2.05, 4.69) is 20.4 Å². The third kappa shape index (κ3) is 8.51. The van der Waals surface area contributed by atoms with Gasteiger partial charge in [0, 0.05) is 29.7 Å². The van der Waals surface area contributed by atoms with E-state index in [1.807, 2.05) is 30.3 Å². The van der Waals surface area contributed by atoms with E-state index in [4.69, 9.17) is 20.3 Å². The Labute approximate surface area is 213 Å². The van der Waals surface area contributed by atoms with Crippen molar-refractivity contribution in [1.82, 2.24) is 10.3 Å². The molecular formula is C26H28N4O7. The number of hydrogen-bond acceptors (Lipinski definition) is 8. The zero-order valence-corrected chi connectivity index (χ0v) is 20.2. The van der Waals surface area contributed by atoms with Gasteiger partial charge in [0.15, 0.2) is 0 Å². The summed E-state index contributed by atoms with van der Waals surface area (Å²) in [7, 11) is 1.26. The fraction of sp³-hybridized carbons (Fsp3) is 0.231. The number of amides is 2. The number of benzene rings is 2. The fourth-order valence-electron chi connectivity index (χ4n) is 3.44. The first-order chi connectivity index (χ1) is 17.9. The molecule has 37 heavy (non-hydrogen) atoms. The van der Waals surface area contributed by atoms with Gasteiger partial charge >= 0.3 is 18.2 Å². The number of carbonyl (C=O) groups is 3. The average molecular weight is 509 g/mol. The average Bonchev–Trinajstić information content (AvgIpc) is 2.89. The normalized spacial score (nSPS) is 11.3. The molecule has 5 N–H and O–H groups in total. The molecule has 0 unspecified atom stereocenters. The van der Waals surface area contributed by atoms with Crippen LogP contribution in [0.2, 0.25) is 0 Å². The lowest BCUT2D eigenvalue weighted by Crippen LogP contribution is -2.30. The Morgan fingerprint density at radius 2 is 1.84 bits per heavy atom. The number of nitrogen functional groups attached to an aromatic ring is 1. The van der Waals surface area contributed by atoms with Gasteiger partial charge < -0.3 is 30.4 Å². The number of aliphatic carboxylic acids is 1. The fourth-order valence-corrected chi connectivity index (χ4v) is 3.44. The number of carbonyl (C=O) groups excluding carboxylic acids is 2. The van der Waals surface area contributed by atoms with Crippen molar-refractivity contribution in [3.05, 3.63) is 78.1 Å². The first-order valence-electron chi connectivity index (χ1n) is 11.3. The zero-order chi connectivity index (χ0) is 26.6. The number of nitrogens with zero attached hydrogens (tertiary/aromatic N) is 1. The Morgan fingerprint density at radius 1 is 1.05 bits per heavy atom. The first kappa shape index (κ1) is 27.0. The van der Waals surface area contributed by atoms with Crippen LogP contribution >= 0.6 is 0 Å². The quantitative estimate of drug-likeness (QED) is 0.222. The second-order valence-electron chi connectivity index (χ2n) is 7.88. The molecule has 1 heterocycles. The topological polar surface area (TPSA) is 162 Å². The number of pyridine rings is 1. The van der Waals surface area contributed by atoms with E-state index in [-0.39, 0.29) is 19.6 Å². The number of methoxy groups -OCH3 is 1. The highest BCUT2D eigenvalue weighted by molar-refractivity contribution is 5.87. The molecule has 3 aromatic rings. The lowest BCUT2D eigenvalue weighted by molar-refractivity contribution is -0.142. The summed E-state index contributed by atoms with van der Waals surface area (Å²) in [5.41, 5.74) is 9.85. The van der Waals surface area contributed by atoms with E-state index in [1.165, 1.54) is 7.11 Å². The van der Waals surface area contributed by atoms with Crippen LogP contribution in [0.25, 0.3) is 11.1 Å². The maximum Gasteiger partial charge on any atom is 0.411 e. The van der Waals surface area contributed by atoms with Crippen molar-refractivity contribution in [2.45, 2.75) is 19.1 Å². The summed E-state index contributed by atoms with van der Waals surface area (Å²) < 4.78 is 15.1. The van der Waals surface area contributed by atoms with Crippen LogP contribution in [-0.4, -0.2) is 48.6 Å². The van der Waals surface area contributed by atoms with Crippen LogP contribution in [0.15, 0.2) is 66.9 Å². The van der Waals surface area contributed by atoms with Crippen LogP contribution in [0.1, 0.15) is 23.7 Å². The molecule has 0 bridgehead atoms. The van der Waals surface area contributed by atoms with Gasteiger partial charge in [0.05, 0.1) is 18.8 Å². The minimum atomic E-state index is -1.09. The summed E-state index contributed by atoms with van der Waals surface area (Å²) in [5.74, 6) is -1.09. The van der Waals surface area contributed by atoms with Crippen LogP contribution < -0.4 is 16.4 Å². The molecule has 0 radical (unpaired) electrons. The van der Waals surface area contributed by atoms with Gasteiger partial charge in [-0.1, -0.05) is 36.4 Å². The first-order valence-corrected chi connectivity index (χ1v) is 11.3. The van der Waals surface area contributed by atoms with E-state index in [9.17, 15) is 14.4 Å². The van der Waals surface area contributed by atoms with Crippen molar-refractivity contribution in [1.29, 1.82) is 0 Å². The number of alkyl carbamates (subject to hydrolysis) is 1. The van der Waals surface area contributed by atoms with E-state index in [0.717, 1.165) is 11.1 Å².